The third kappa shape index (κ3) is 2.74. The van der Waals surface area contributed by atoms with Gasteiger partial charge >= 0.3 is 11.7 Å². The van der Waals surface area contributed by atoms with Crippen molar-refractivity contribution in [3.63, 3.8) is 0 Å². The number of fused-ring (bicyclic) bond motifs is 1. The van der Waals surface area contributed by atoms with Gasteiger partial charge in [-0.25, -0.2) is 14.3 Å². The van der Waals surface area contributed by atoms with E-state index in [9.17, 15) is 14.4 Å². The highest BCUT2D eigenvalue weighted by Crippen LogP contribution is 2.10. The molecule has 0 fully saturated rings. The van der Waals surface area contributed by atoms with E-state index in [1.165, 1.54) is 10.9 Å². The van der Waals surface area contributed by atoms with Crippen LogP contribution in [-0.2, 0) is 25.3 Å². The molecule has 9 heteroatoms. The van der Waals surface area contributed by atoms with Crippen LogP contribution in [0.1, 0.15) is 5.56 Å². The molecule has 0 saturated heterocycles. The molecule has 3 N–H and O–H groups in total. The first-order chi connectivity index (χ1) is 11.8. The number of aromatic nitrogens is 4. The summed E-state index contributed by atoms with van der Waals surface area (Å²) in [4.78, 5) is 40.2. The number of hydrogen-bond donors (Lipinski definition) is 2. The lowest BCUT2D eigenvalue weighted by Crippen LogP contribution is -2.38. The second-order valence-corrected chi connectivity index (χ2v) is 5.83. The van der Waals surface area contributed by atoms with Crippen molar-refractivity contribution in [2.45, 2.75) is 12.5 Å². The van der Waals surface area contributed by atoms with Gasteiger partial charge in [0.2, 0.25) is 0 Å². The van der Waals surface area contributed by atoms with Crippen molar-refractivity contribution in [2.24, 2.45) is 19.8 Å². The lowest BCUT2D eigenvalue weighted by molar-refractivity contribution is -0.138. The first-order valence-corrected chi connectivity index (χ1v) is 7.52. The topological polar surface area (TPSA) is 125 Å². The summed E-state index contributed by atoms with van der Waals surface area (Å²) in [6.45, 7) is 0. The Balaban J connectivity index is 2.11. The summed E-state index contributed by atoms with van der Waals surface area (Å²) in [5, 5.41) is 8.86. The molecule has 2 heterocycles. The fourth-order valence-corrected chi connectivity index (χ4v) is 2.69. The molecule has 0 saturated carbocycles. The third-order valence-corrected chi connectivity index (χ3v) is 4.09. The molecule has 0 unspecified atom stereocenters. The minimum absolute atomic E-state index is 0.156. The zero-order chi connectivity index (χ0) is 18.3. The maximum atomic E-state index is 12.7. The van der Waals surface area contributed by atoms with Crippen LogP contribution in [-0.4, -0.2) is 35.8 Å². The van der Waals surface area contributed by atoms with Gasteiger partial charge in [0.05, 0.1) is 12.0 Å². The van der Waals surface area contributed by atoms with Gasteiger partial charge in [-0.3, -0.25) is 14.2 Å². The van der Waals surface area contributed by atoms with E-state index in [2.05, 4.69) is 4.98 Å². The minimum Gasteiger partial charge on any atom is -0.480 e. The van der Waals surface area contributed by atoms with Crippen LogP contribution in [0.15, 0.2) is 40.2 Å². The highest BCUT2D eigenvalue weighted by Gasteiger charge is 2.16. The zero-order valence-corrected chi connectivity index (χ0v) is 13.7. The molecule has 1 atom stereocenters. The zero-order valence-electron chi connectivity index (χ0n) is 13.7. The molecule has 3 rings (SSSR count). The lowest BCUT2D eigenvalue weighted by Gasteiger charge is -2.10. The number of carbonyl (C=O) groups is 1. The molecule has 1 aromatic carbocycles. The predicted octanol–water partition coefficient (Wildman–Crippen LogP) is -0.623. The van der Waals surface area contributed by atoms with Crippen LogP contribution in [0.2, 0.25) is 0 Å². The van der Waals surface area contributed by atoms with Crippen LogP contribution < -0.4 is 17.0 Å². The van der Waals surface area contributed by atoms with Gasteiger partial charge in [0.15, 0.2) is 11.2 Å². The number of carboxylic acids is 1. The number of aryl methyl sites for hydroxylation is 2. The van der Waals surface area contributed by atoms with E-state index in [4.69, 9.17) is 10.8 Å². The van der Waals surface area contributed by atoms with Gasteiger partial charge in [-0.1, -0.05) is 12.1 Å². The summed E-state index contributed by atoms with van der Waals surface area (Å²) in [5.41, 5.74) is 6.27. The lowest BCUT2D eigenvalue weighted by atomic mass is 10.1. The second kappa shape index (κ2) is 6.02. The monoisotopic (exact) mass is 343 g/mol. The largest absolute Gasteiger partial charge is 0.480 e. The Labute approximate surface area is 141 Å². The summed E-state index contributed by atoms with van der Waals surface area (Å²) in [6.07, 6.45) is 1.63. The van der Waals surface area contributed by atoms with Crippen molar-refractivity contribution in [2.75, 3.05) is 0 Å². The number of carboxylic acid groups (broad SMARTS) is 1. The van der Waals surface area contributed by atoms with Gasteiger partial charge < -0.3 is 15.4 Å². The highest BCUT2D eigenvalue weighted by molar-refractivity contribution is 5.73. The molecule has 0 radical (unpaired) electrons. The molecule has 25 heavy (non-hydrogen) atoms. The Morgan fingerprint density at radius 3 is 2.48 bits per heavy atom. The van der Waals surface area contributed by atoms with Crippen molar-refractivity contribution in [1.29, 1.82) is 0 Å². The number of aliphatic carboxylic acids is 1. The molecule has 0 bridgehead atoms. The van der Waals surface area contributed by atoms with Gasteiger partial charge in [0.25, 0.3) is 5.56 Å². The van der Waals surface area contributed by atoms with Crippen LogP contribution in [0, 0.1) is 0 Å². The molecule has 2 aromatic heterocycles. The van der Waals surface area contributed by atoms with Gasteiger partial charge in [-0.15, -0.1) is 0 Å². The molecule has 0 aliphatic heterocycles. The van der Waals surface area contributed by atoms with E-state index in [1.54, 1.807) is 42.9 Å². The molecule has 0 amide bonds. The van der Waals surface area contributed by atoms with Crippen LogP contribution in [0.5, 0.6) is 0 Å². The highest BCUT2D eigenvalue weighted by atomic mass is 16.4. The fraction of sp³-hybridized carbons (Fsp3) is 0.250. The normalized spacial score (nSPS) is 12.4. The van der Waals surface area contributed by atoms with E-state index >= 15 is 0 Å². The Morgan fingerprint density at radius 2 is 1.88 bits per heavy atom. The maximum absolute atomic E-state index is 12.7. The summed E-state index contributed by atoms with van der Waals surface area (Å²) in [7, 11) is 3.23. The number of nitrogens with zero attached hydrogens (tertiary/aromatic N) is 4. The molecule has 0 spiro atoms. The van der Waals surface area contributed by atoms with E-state index in [1.807, 2.05) is 0 Å². The van der Waals surface area contributed by atoms with Crippen molar-refractivity contribution in [1.82, 2.24) is 18.7 Å². The average molecular weight is 343 g/mol. The van der Waals surface area contributed by atoms with Crippen molar-refractivity contribution < 1.29 is 9.90 Å². The summed E-state index contributed by atoms with van der Waals surface area (Å²) >= 11 is 0. The number of nitrogens with two attached hydrogens (primary N) is 1. The van der Waals surface area contributed by atoms with Gasteiger partial charge in [-0.2, -0.15) is 0 Å². The number of imidazole rings is 1. The van der Waals surface area contributed by atoms with Gasteiger partial charge in [-0.05, 0) is 24.1 Å². The Hall–Kier alpha value is -3.20. The molecule has 130 valence electrons. The van der Waals surface area contributed by atoms with Gasteiger partial charge in [0.1, 0.15) is 6.04 Å². The second-order valence-electron chi connectivity index (χ2n) is 5.83. The molecule has 9 nitrogen and oxygen atoms in total. The number of benzene rings is 1. The van der Waals surface area contributed by atoms with E-state index in [0.717, 1.165) is 4.57 Å². The van der Waals surface area contributed by atoms with E-state index < -0.39 is 23.3 Å². The number of rotatable bonds is 4. The smallest absolute Gasteiger partial charge is 0.337 e. The van der Waals surface area contributed by atoms with E-state index in [-0.39, 0.29) is 6.42 Å². The molecule has 0 aliphatic carbocycles. The van der Waals surface area contributed by atoms with E-state index in [0.29, 0.717) is 22.4 Å². The summed E-state index contributed by atoms with van der Waals surface area (Å²) < 4.78 is 3.93. The molecule has 0 aliphatic rings. The standard InChI is InChI=1S/C16H17N5O4/c1-19-8-18-13-12(19)14(22)21(16(25)20(13)2)10-5-3-9(4-6-10)7-11(17)15(23)24/h3-6,8,11H,7,17H2,1-2H3,(H,23,24)/t11-/m0/s1. The molecular weight excluding hydrogens is 326 g/mol. The first kappa shape index (κ1) is 16.7. The third-order valence-electron chi connectivity index (χ3n) is 4.09. The first-order valence-electron chi connectivity index (χ1n) is 7.52. The summed E-state index contributed by atoms with van der Waals surface area (Å²) in [5.74, 6) is -1.09. The van der Waals surface area contributed by atoms with Crippen molar-refractivity contribution in [3.8, 4) is 5.69 Å². The minimum atomic E-state index is -1.09. The summed E-state index contributed by atoms with van der Waals surface area (Å²) in [6, 6.07) is 5.48. The Kier molecular flexibility index (Phi) is 4.01. The van der Waals surface area contributed by atoms with Gasteiger partial charge in [0, 0.05) is 14.1 Å². The SMILES string of the molecule is Cn1cnc2c1c(=O)n(-c1ccc(C[C@H](N)C(=O)O)cc1)c(=O)n2C. The average Bonchev–Trinajstić information content (AvgIpc) is 2.96. The number of hydrogen-bond acceptors (Lipinski definition) is 5. The van der Waals surface area contributed by atoms with Crippen LogP contribution in [0.25, 0.3) is 16.9 Å². The molecule has 3 aromatic rings. The van der Waals surface area contributed by atoms with Crippen molar-refractivity contribution >= 4 is 17.1 Å². The maximum Gasteiger partial charge on any atom is 0.337 e. The quantitative estimate of drug-likeness (QED) is 0.650. The Bertz CT molecular complexity index is 1070. The molecular formula is C16H17N5O4. The fourth-order valence-electron chi connectivity index (χ4n) is 2.69. The van der Waals surface area contributed by atoms with Crippen molar-refractivity contribution in [3.05, 3.63) is 57.0 Å². The Morgan fingerprint density at radius 1 is 1.24 bits per heavy atom. The van der Waals surface area contributed by atoms with Crippen LogP contribution in [0.4, 0.5) is 0 Å². The van der Waals surface area contributed by atoms with Crippen LogP contribution in [0.3, 0.4) is 0 Å². The van der Waals surface area contributed by atoms with Crippen LogP contribution >= 0.6 is 0 Å². The predicted molar refractivity (Wildman–Crippen MR) is 90.9 cm³/mol.